The van der Waals surface area contributed by atoms with Gasteiger partial charge in [0, 0.05) is 19.6 Å². The Labute approximate surface area is 89.5 Å². The summed E-state index contributed by atoms with van der Waals surface area (Å²) in [5, 5.41) is 18.0. The van der Waals surface area contributed by atoms with Crippen molar-refractivity contribution < 1.29 is 9.90 Å². The second-order valence-corrected chi connectivity index (χ2v) is 5.53. The summed E-state index contributed by atoms with van der Waals surface area (Å²) in [4.78, 5) is 13.2. The van der Waals surface area contributed by atoms with Crippen molar-refractivity contribution in [2.75, 3.05) is 19.6 Å². The quantitative estimate of drug-likeness (QED) is 0.749. The summed E-state index contributed by atoms with van der Waals surface area (Å²) in [5.74, 6) is -0.339. The van der Waals surface area contributed by atoms with Crippen LogP contribution in [0, 0.1) is 28.1 Å². The molecule has 2 atom stereocenters. The lowest BCUT2D eigenvalue weighted by atomic mass is 9.95. The van der Waals surface area contributed by atoms with Crippen LogP contribution >= 0.6 is 0 Å². The Morgan fingerprint density at radius 2 is 2.40 bits per heavy atom. The maximum Gasteiger partial charge on any atom is 0.311 e. The topological polar surface area (TPSA) is 64.3 Å². The van der Waals surface area contributed by atoms with Crippen LogP contribution in [0.1, 0.15) is 20.3 Å². The lowest BCUT2D eigenvalue weighted by Crippen LogP contribution is -2.35. The lowest BCUT2D eigenvalue weighted by molar-refractivity contribution is -0.143. The van der Waals surface area contributed by atoms with E-state index in [0.29, 0.717) is 19.0 Å². The minimum absolute atomic E-state index is 0.324. The predicted octanol–water partition coefficient (Wildman–Crippen LogP) is 0.943. The van der Waals surface area contributed by atoms with E-state index in [1.165, 1.54) is 0 Å². The molecule has 15 heavy (non-hydrogen) atoms. The number of nitriles is 1. The van der Waals surface area contributed by atoms with Gasteiger partial charge < -0.3 is 10.0 Å². The average Bonchev–Trinajstić information content (AvgIpc) is 2.70. The van der Waals surface area contributed by atoms with Crippen molar-refractivity contribution in [3.63, 3.8) is 0 Å². The van der Waals surface area contributed by atoms with Gasteiger partial charge in [0.2, 0.25) is 0 Å². The Bertz CT molecular complexity index is 345. The lowest BCUT2D eigenvalue weighted by Gasteiger charge is -2.25. The van der Waals surface area contributed by atoms with Crippen molar-refractivity contribution in [2.45, 2.75) is 20.3 Å². The molecule has 0 aromatic carbocycles. The summed E-state index contributed by atoms with van der Waals surface area (Å²) >= 11 is 0. The van der Waals surface area contributed by atoms with Crippen LogP contribution in [0.4, 0.5) is 0 Å². The molecular formula is C11H16N2O2. The Morgan fingerprint density at radius 3 is 2.87 bits per heavy atom. The van der Waals surface area contributed by atoms with Crippen molar-refractivity contribution >= 4 is 5.97 Å². The SMILES string of the molecule is CC(C)(C#N)CN1CC2CC2(C(=O)O)C1. The Kier molecular flexibility index (Phi) is 2.06. The summed E-state index contributed by atoms with van der Waals surface area (Å²) in [6, 6.07) is 2.25. The minimum atomic E-state index is -0.662. The van der Waals surface area contributed by atoms with Gasteiger partial charge in [-0.25, -0.2) is 0 Å². The highest BCUT2D eigenvalue weighted by atomic mass is 16.4. The van der Waals surface area contributed by atoms with E-state index in [2.05, 4.69) is 11.0 Å². The molecule has 1 N–H and O–H groups in total. The molecule has 2 rings (SSSR count). The number of hydrogen-bond donors (Lipinski definition) is 1. The van der Waals surface area contributed by atoms with Crippen molar-refractivity contribution in [1.29, 1.82) is 5.26 Å². The molecule has 0 bridgehead atoms. The standard InChI is InChI=1S/C11H16N2O2/c1-10(2,5-12)6-13-4-8-3-11(8,7-13)9(14)15/h8H,3-4,6-7H2,1-2H3,(H,14,15). The van der Waals surface area contributed by atoms with Gasteiger partial charge in [0.05, 0.1) is 16.9 Å². The normalized spacial score (nSPS) is 34.6. The highest BCUT2D eigenvalue weighted by Gasteiger charge is 2.65. The van der Waals surface area contributed by atoms with E-state index in [-0.39, 0.29) is 5.41 Å². The first-order chi connectivity index (χ1) is 6.89. The summed E-state index contributed by atoms with van der Waals surface area (Å²) in [6.45, 7) is 5.93. The van der Waals surface area contributed by atoms with E-state index in [0.717, 1.165) is 13.0 Å². The minimum Gasteiger partial charge on any atom is -0.481 e. The number of rotatable bonds is 3. The maximum absolute atomic E-state index is 11.1. The van der Waals surface area contributed by atoms with E-state index < -0.39 is 11.4 Å². The van der Waals surface area contributed by atoms with E-state index in [4.69, 9.17) is 10.4 Å². The largest absolute Gasteiger partial charge is 0.481 e. The molecule has 0 aromatic heterocycles. The number of fused-ring (bicyclic) bond motifs is 1. The Balaban J connectivity index is 1.97. The van der Waals surface area contributed by atoms with E-state index in [9.17, 15) is 4.79 Å². The maximum atomic E-state index is 11.1. The van der Waals surface area contributed by atoms with Gasteiger partial charge in [-0.3, -0.25) is 4.79 Å². The van der Waals surface area contributed by atoms with E-state index in [1.807, 2.05) is 13.8 Å². The molecule has 0 amide bonds. The van der Waals surface area contributed by atoms with Crippen LogP contribution in [0.3, 0.4) is 0 Å². The van der Waals surface area contributed by atoms with Crippen LogP contribution in [-0.2, 0) is 4.79 Å². The van der Waals surface area contributed by atoms with E-state index in [1.54, 1.807) is 0 Å². The van der Waals surface area contributed by atoms with Gasteiger partial charge >= 0.3 is 5.97 Å². The van der Waals surface area contributed by atoms with Crippen molar-refractivity contribution in [3.05, 3.63) is 0 Å². The molecule has 82 valence electrons. The predicted molar refractivity (Wildman–Crippen MR) is 54.0 cm³/mol. The van der Waals surface area contributed by atoms with Crippen molar-refractivity contribution in [3.8, 4) is 6.07 Å². The average molecular weight is 208 g/mol. The highest BCUT2D eigenvalue weighted by Crippen LogP contribution is 2.58. The molecule has 1 heterocycles. The summed E-state index contributed by atoms with van der Waals surface area (Å²) in [6.07, 6.45) is 0.825. The molecule has 0 aromatic rings. The molecule has 2 aliphatic rings. The Hall–Kier alpha value is -1.08. The number of likely N-dealkylation sites (tertiary alicyclic amines) is 1. The second kappa shape index (κ2) is 2.96. The molecule has 1 saturated heterocycles. The van der Waals surface area contributed by atoms with Crippen molar-refractivity contribution in [1.82, 2.24) is 4.90 Å². The number of carboxylic acids is 1. The van der Waals surface area contributed by atoms with Gasteiger partial charge in [-0.15, -0.1) is 0 Å². The van der Waals surface area contributed by atoms with Crippen LogP contribution in [-0.4, -0.2) is 35.6 Å². The number of aliphatic carboxylic acids is 1. The first-order valence-electron chi connectivity index (χ1n) is 5.27. The molecule has 0 spiro atoms. The third kappa shape index (κ3) is 1.61. The molecule has 4 nitrogen and oxygen atoms in total. The fourth-order valence-corrected chi connectivity index (χ4v) is 2.63. The monoisotopic (exact) mass is 208 g/mol. The van der Waals surface area contributed by atoms with Crippen LogP contribution < -0.4 is 0 Å². The zero-order valence-corrected chi connectivity index (χ0v) is 9.16. The Morgan fingerprint density at radius 1 is 1.73 bits per heavy atom. The first kappa shape index (κ1) is 10.4. The van der Waals surface area contributed by atoms with Gasteiger partial charge in [-0.1, -0.05) is 0 Å². The zero-order chi connectivity index (χ0) is 11.3. The van der Waals surface area contributed by atoms with Gasteiger partial charge in [0.15, 0.2) is 0 Å². The highest BCUT2D eigenvalue weighted by molar-refractivity contribution is 5.79. The smallest absolute Gasteiger partial charge is 0.311 e. The molecule has 1 aliphatic carbocycles. The molecule has 1 aliphatic heterocycles. The number of piperidine rings is 1. The number of carboxylic acid groups (broad SMARTS) is 1. The molecule has 2 unspecified atom stereocenters. The fourth-order valence-electron chi connectivity index (χ4n) is 2.63. The van der Waals surface area contributed by atoms with E-state index >= 15 is 0 Å². The van der Waals surface area contributed by atoms with Crippen LogP contribution in [0.25, 0.3) is 0 Å². The van der Waals surface area contributed by atoms with Crippen molar-refractivity contribution in [2.24, 2.45) is 16.7 Å². The fraction of sp³-hybridized carbons (Fsp3) is 0.818. The number of hydrogen-bond acceptors (Lipinski definition) is 3. The van der Waals surface area contributed by atoms with Gasteiger partial charge in [-0.05, 0) is 26.2 Å². The molecule has 1 saturated carbocycles. The summed E-state index contributed by atoms with van der Waals surface area (Å²) < 4.78 is 0. The third-order valence-electron chi connectivity index (χ3n) is 3.56. The van der Waals surface area contributed by atoms with Gasteiger partial charge in [0.1, 0.15) is 0 Å². The molecule has 2 fully saturated rings. The third-order valence-corrected chi connectivity index (χ3v) is 3.56. The van der Waals surface area contributed by atoms with Crippen LogP contribution in [0.5, 0.6) is 0 Å². The molecule has 0 radical (unpaired) electrons. The van der Waals surface area contributed by atoms with Crippen LogP contribution in [0.15, 0.2) is 0 Å². The summed E-state index contributed by atoms with van der Waals surface area (Å²) in [7, 11) is 0. The van der Waals surface area contributed by atoms with Crippen LogP contribution in [0.2, 0.25) is 0 Å². The number of carbonyl (C=O) groups is 1. The first-order valence-corrected chi connectivity index (χ1v) is 5.27. The molecule has 4 heteroatoms. The molecular weight excluding hydrogens is 192 g/mol. The van der Waals surface area contributed by atoms with Gasteiger partial charge in [-0.2, -0.15) is 5.26 Å². The zero-order valence-electron chi connectivity index (χ0n) is 9.16. The number of nitrogens with zero attached hydrogens (tertiary/aromatic N) is 2. The second-order valence-electron chi connectivity index (χ2n) is 5.53. The van der Waals surface area contributed by atoms with Gasteiger partial charge in [0.25, 0.3) is 0 Å². The summed E-state index contributed by atoms with van der Waals surface area (Å²) in [5.41, 5.74) is -0.845.